The van der Waals surface area contributed by atoms with Gasteiger partial charge in [-0.25, -0.2) is 4.79 Å². The van der Waals surface area contributed by atoms with Gasteiger partial charge in [0.25, 0.3) is 0 Å². The average Bonchev–Trinajstić information content (AvgIpc) is 2.10. The van der Waals surface area contributed by atoms with E-state index in [1.807, 2.05) is 0 Å². The zero-order valence-corrected chi connectivity index (χ0v) is 9.27. The first-order valence-corrected chi connectivity index (χ1v) is 5.35. The van der Waals surface area contributed by atoms with E-state index in [1.54, 1.807) is 0 Å². The van der Waals surface area contributed by atoms with Crippen molar-refractivity contribution in [2.24, 2.45) is 0 Å². The molecule has 0 radical (unpaired) electrons. The zero-order chi connectivity index (χ0) is 10.1. The molecule has 0 aliphatic heterocycles. The minimum absolute atomic E-state index is 0.231. The van der Waals surface area contributed by atoms with Gasteiger partial charge in [-0.2, -0.15) is 25.3 Å². The summed E-state index contributed by atoms with van der Waals surface area (Å²) in [4.78, 5) is 10.8. The molecule has 0 aromatic heterocycles. The van der Waals surface area contributed by atoms with Gasteiger partial charge in [0.15, 0.2) is 0 Å². The Balaban J connectivity index is 3.12. The van der Waals surface area contributed by atoms with Crippen LogP contribution in [-0.4, -0.2) is 28.9 Å². The van der Waals surface area contributed by atoms with Gasteiger partial charge >= 0.3 is 5.97 Å². The second-order valence-electron chi connectivity index (χ2n) is 2.68. The number of rotatable bonds is 7. The third-order valence-corrected chi connectivity index (χ3v) is 1.93. The van der Waals surface area contributed by atoms with E-state index in [0.29, 0.717) is 6.61 Å². The van der Waals surface area contributed by atoms with Crippen LogP contribution in [0.5, 0.6) is 0 Å². The summed E-state index contributed by atoms with van der Waals surface area (Å²) in [6.45, 7) is 0.650. The van der Waals surface area contributed by atoms with E-state index in [-0.39, 0.29) is 6.61 Å². The Hall–Kier alpha value is 0.130. The molecule has 0 saturated heterocycles. The first-order valence-electron chi connectivity index (χ1n) is 4.32. The second-order valence-corrected chi connectivity index (χ2v) is 4.12. The fraction of sp³-hybridized carbons (Fsp3) is 0.875. The van der Waals surface area contributed by atoms with Crippen molar-refractivity contribution in [1.29, 1.82) is 0 Å². The van der Waals surface area contributed by atoms with Crippen LogP contribution in [0.25, 0.3) is 0 Å². The molecule has 1 N–H and O–H groups in total. The van der Waals surface area contributed by atoms with Crippen LogP contribution < -0.4 is 0 Å². The molecule has 0 atom stereocenters. The van der Waals surface area contributed by atoms with Crippen LogP contribution in [0.3, 0.4) is 0 Å². The van der Waals surface area contributed by atoms with Gasteiger partial charge < -0.3 is 9.84 Å². The lowest BCUT2D eigenvalue weighted by Crippen LogP contribution is -2.13. The fourth-order valence-corrected chi connectivity index (χ4v) is 0.964. The Labute approximate surface area is 89.7 Å². The van der Waals surface area contributed by atoms with Gasteiger partial charge in [0.1, 0.15) is 4.58 Å². The van der Waals surface area contributed by atoms with E-state index in [1.165, 1.54) is 0 Å². The summed E-state index contributed by atoms with van der Waals surface area (Å²) in [5.74, 6) is -0.395. The van der Waals surface area contributed by atoms with E-state index in [2.05, 4.69) is 25.3 Å². The highest BCUT2D eigenvalue weighted by Gasteiger charge is 2.08. The van der Waals surface area contributed by atoms with Crippen molar-refractivity contribution in [3.63, 3.8) is 0 Å². The molecule has 0 aromatic carbocycles. The number of aliphatic hydroxyl groups is 1. The fourth-order valence-electron chi connectivity index (χ4n) is 0.815. The monoisotopic (exact) mass is 224 g/mol. The van der Waals surface area contributed by atoms with Crippen LogP contribution in [0.2, 0.25) is 0 Å². The maximum atomic E-state index is 10.8. The number of thiol groups is 2. The third-order valence-electron chi connectivity index (χ3n) is 1.51. The molecule has 0 heterocycles. The summed E-state index contributed by atoms with van der Waals surface area (Å²) in [7, 11) is 0. The summed E-state index contributed by atoms with van der Waals surface area (Å²) >= 11 is 7.62. The van der Waals surface area contributed by atoms with Crippen LogP contribution in [-0.2, 0) is 9.53 Å². The first kappa shape index (κ1) is 13.1. The topological polar surface area (TPSA) is 46.5 Å². The third kappa shape index (κ3) is 8.46. The van der Waals surface area contributed by atoms with Gasteiger partial charge in [-0.15, -0.1) is 0 Å². The molecule has 0 saturated carbocycles. The van der Waals surface area contributed by atoms with Crippen molar-refractivity contribution in [3.8, 4) is 0 Å². The summed E-state index contributed by atoms with van der Waals surface area (Å²) in [6, 6.07) is 0. The maximum absolute atomic E-state index is 10.8. The molecule has 13 heavy (non-hydrogen) atoms. The highest BCUT2D eigenvalue weighted by molar-refractivity contribution is 8.00. The van der Waals surface area contributed by atoms with E-state index < -0.39 is 10.6 Å². The summed E-state index contributed by atoms with van der Waals surface area (Å²) in [5.41, 5.74) is 0. The molecular weight excluding hydrogens is 208 g/mol. The molecule has 3 nitrogen and oxygen atoms in total. The molecule has 0 aliphatic rings. The van der Waals surface area contributed by atoms with Crippen LogP contribution in [0.4, 0.5) is 0 Å². The van der Waals surface area contributed by atoms with E-state index in [9.17, 15) is 4.79 Å². The molecular formula is C8H16O3S2. The highest BCUT2D eigenvalue weighted by Crippen LogP contribution is 2.04. The Morgan fingerprint density at radius 1 is 1.23 bits per heavy atom. The van der Waals surface area contributed by atoms with E-state index in [0.717, 1.165) is 25.7 Å². The van der Waals surface area contributed by atoms with Crippen LogP contribution >= 0.6 is 25.3 Å². The minimum atomic E-state index is -0.641. The van der Waals surface area contributed by atoms with Crippen molar-refractivity contribution in [1.82, 2.24) is 0 Å². The van der Waals surface area contributed by atoms with E-state index in [4.69, 9.17) is 9.84 Å². The zero-order valence-electron chi connectivity index (χ0n) is 7.48. The standard InChI is InChI=1S/C8H16O3S2/c9-5-3-1-2-4-6-11-7(10)8(12)13/h8-9,12-13H,1-6H2. The largest absolute Gasteiger partial charge is 0.464 e. The Kier molecular flexibility index (Phi) is 8.80. The van der Waals surface area contributed by atoms with Gasteiger partial charge in [-0.3, -0.25) is 0 Å². The quantitative estimate of drug-likeness (QED) is 0.264. The van der Waals surface area contributed by atoms with Crippen molar-refractivity contribution in [2.45, 2.75) is 30.3 Å². The van der Waals surface area contributed by atoms with Gasteiger partial charge in [0.2, 0.25) is 0 Å². The number of carbonyl (C=O) groups excluding carboxylic acids is 1. The highest BCUT2D eigenvalue weighted by atomic mass is 32.2. The molecule has 78 valence electrons. The number of esters is 1. The predicted molar refractivity (Wildman–Crippen MR) is 58.3 cm³/mol. The van der Waals surface area contributed by atoms with Crippen molar-refractivity contribution >= 4 is 31.2 Å². The molecule has 0 amide bonds. The normalized spacial score (nSPS) is 10.5. The number of hydrogen-bond acceptors (Lipinski definition) is 5. The minimum Gasteiger partial charge on any atom is -0.464 e. The number of ether oxygens (including phenoxy) is 1. The maximum Gasteiger partial charge on any atom is 0.328 e. The Morgan fingerprint density at radius 3 is 2.38 bits per heavy atom. The van der Waals surface area contributed by atoms with Crippen LogP contribution in [0.15, 0.2) is 0 Å². The number of unbranched alkanes of at least 4 members (excludes halogenated alkanes) is 3. The number of hydrogen-bond donors (Lipinski definition) is 3. The lowest BCUT2D eigenvalue weighted by atomic mass is 10.2. The lowest BCUT2D eigenvalue weighted by Gasteiger charge is -2.05. The molecule has 0 spiro atoms. The summed E-state index contributed by atoms with van der Waals surface area (Å²) < 4.78 is 4.19. The molecule has 5 heteroatoms. The van der Waals surface area contributed by atoms with Gasteiger partial charge in [-0.05, 0) is 19.3 Å². The lowest BCUT2D eigenvalue weighted by molar-refractivity contribution is -0.141. The number of carbonyl (C=O) groups is 1. The molecule has 0 aromatic rings. The smallest absolute Gasteiger partial charge is 0.328 e. The molecule has 0 bridgehead atoms. The Bertz CT molecular complexity index is 139. The first-order chi connectivity index (χ1) is 6.18. The summed E-state index contributed by atoms with van der Waals surface area (Å²) in [6.07, 6.45) is 3.59. The van der Waals surface area contributed by atoms with Crippen LogP contribution in [0.1, 0.15) is 25.7 Å². The van der Waals surface area contributed by atoms with Crippen molar-refractivity contribution in [2.75, 3.05) is 13.2 Å². The average molecular weight is 224 g/mol. The molecule has 0 rings (SSSR count). The predicted octanol–water partition coefficient (Wildman–Crippen LogP) is 1.27. The SMILES string of the molecule is O=C(OCCCCCCO)C(S)S. The van der Waals surface area contributed by atoms with E-state index >= 15 is 0 Å². The second kappa shape index (κ2) is 8.72. The summed E-state index contributed by atoms with van der Waals surface area (Å²) in [5, 5.41) is 8.48. The molecule has 0 fully saturated rings. The van der Waals surface area contributed by atoms with Gasteiger partial charge in [-0.1, -0.05) is 6.42 Å². The van der Waals surface area contributed by atoms with Crippen molar-refractivity contribution < 1.29 is 14.6 Å². The molecule has 0 unspecified atom stereocenters. The van der Waals surface area contributed by atoms with Gasteiger partial charge in [0, 0.05) is 6.61 Å². The van der Waals surface area contributed by atoms with Crippen LogP contribution in [0, 0.1) is 0 Å². The number of aliphatic hydroxyl groups excluding tert-OH is 1. The Morgan fingerprint density at radius 2 is 1.85 bits per heavy atom. The van der Waals surface area contributed by atoms with Crippen molar-refractivity contribution in [3.05, 3.63) is 0 Å². The molecule has 0 aliphatic carbocycles. The van der Waals surface area contributed by atoms with Gasteiger partial charge in [0.05, 0.1) is 6.61 Å².